The number of hydrogen-bond donors (Lipinski definition) is 2. The Morgan fingerprint density at radius 2 is 2.00 bits per heavy atom. The summed E-state index contributed by atoms with van der Waals surface area (Å²) in [6, 6.07) is 7.87. The number of nitrogens with one attached hydrogen (secondary N) is 1. The van der Waals surface area contributed by atoms with Crippen molar-refractivity contribution in [3.8, 4) is 0 Å². The van der Waals surface area contributed by atoms with E-state index in [9.17, 15) is 9.59 Å². The third-order valence-electron chi connectivity index (χ3n) is 4.70. The molecule has 1 aliphatic heterocycles. The normalized spacial score (nSPS) is 16.4. The summed E-state index contributed by atoms with van der Waals surface area (Å²) in [5.41, 5.74) is 7.12. The zero-order chi connectivity index (χ0) is 17.1. The average molecular weight is 329 g/mol. The number of nitrogens with two attached hydrogens (primary N) is 1. The topological polar surface area (TPSA) is 88.6 Å². The molecular formula is C18H23N3O3. The molecule has 1 fully saturated rings. The molecule has 2 aromatic rings. The van der Waals surface area contributed by atoms with Crippen LogP contribution in [0.5, 0.6) is 0 Å². The quantitative estimate of drug-likeness (QED) is 0.871. The van der Waals surface area contributed by atoms with E-state index in [-0.39, 0.29) is 24.3 Å². The van der Waals surface area contributed by atoms with Gasteiger partial charge in [0.25, 0.3) is 0 Å². The maximum Gasteiger partial charge on any atom is 0.231 e. The summed E-state index contributed by atoms with van der Waals surface area (Å²) in [4.78, 5) is 25.3. The van der Waals surface area contributed by atoms with Gasteiger partial charge in [-0.3, -0.25) is 14.5 Å². The first-order valence-electron chi connectivity index (χ1n) is 8.30. The van der Waals surface area contributed by atoms with Crippen molar-refractivity contribution in [1.29, 1.82) is 0 Å². The number of primary amides is 1. The first-order chi connectivity index (χ1) is 11.5. The van der Waals surface area contributed by atoms with Gasteiger partial charge in [0.2, 0.25) is 11.8 Å². The molecule has 1 saturated heterocycles. The first-order valence-corrected chi connectivity index (χ1v) is 8.30. The average Bonchev–Trinajstić information content (AvgIpc) is 2.89. The Morgan fingerprint density at radius 1 is 1.29 bits per heavy atom. The Morgan fingerprint density at radius 3 is 2.67 bits per heavy atom. The summed E-state index contributed by atoms with van der Waals surface area (Å²) in [7, 11) is 0. The minimum atomic E-state index is -0.321. The summed E-state index contributed by atoms with van der Waals surface area (Å²) in [6.07, 6.45) is 1.50. The number of carbonyl (C=O) groups is 2. The Hall–Kier alpha value is -2.34. The van der Waals surface area contributed by atoms with Crippen molar-refractivity contribution in [1.82, 2.24) is 10.2 Å². The molecule has 1 aliphatic rings. The number of amides is 2. The highest BCUT2D eigenvalue weighted by atomic mass is 16.3. The number of benzene rings is 1. The van der Waals surface area contributed by atoms with Crippen LogP contribution < -0.4 is 11.1 Å². The predicted octanol–water partition coefficient (Wildman–Crippen LogP) is 1.55. The molecular weight excluding hydrogens is 306 g/mol. The fourth-order valence-corrected chi connectivity index (χ4v) is 3.28. The van der Waals surface area contributed by atoms with Crippen molar-refractivity contribution in [3.05, 3.63) is 35.6 Å². The SMILES string of the molecule is Cc1c(CNC(=O)C2CCN(CC(N)=O)CC2)oc2ccccc12. The van der Waals surface area contributed by atoms with E-state index >= 15 is 0 Å². The molecule has 6 heteroatoms. The molecule has 0 saturated carbocycles. The fraction of sp³-hybridized carbons (Fsp3) is 0.444. The van der Waals surface area contributed by atoms with Crippen LogP contribution in [0.15, 0.2) is 28.7 Å². The molecule has 0 unspecified atom stereocenters. The molecule has 1 aromatic carbocycles. The van der Waals surface area contributed by atoms with Crippen LogP contribution in [-0.4, -0.2) is 36.3 Å². The number of rotatable bonds is 5. The molecule has 24 heavy (non-hydrogen) atoms. The van der Waals surface area contributed by atoms with E-state index in [1.165, 1.54) is 0 Å². The van der Waals surface area contributed by atoms with E-state index in [1.54, 1.807) is 0 Å². The maximum atomic E-state index is 12.4. The lowest BCUT2D eigenvalue weighted by Gasteiger charge is -2.30. The van der Waals surface area contributed by atoms with Crippen molar-refractivity contribution >= 4 is 22.8 Å². The molecule has 0 atom stereocenters. The summed E-state index contributed by atoms with van der Waals surface area (Å²) >= 11 is 0. The maximum absolute atomic E-state index is 12.4. The molecule has 3 N–H and O–H groups in total. The van der Waals surface area contributed by atoms with Gasteiger partial charge < -0.3 is 15.5 Å². The zero-order valence-electron chi connectivity index (χ0n) is 13.9. The number of aryl methyl sites for hydroxylation is 1. The third-order valence-corrected chi connectivity index (χ3v) is 4.70. The van der Waals surface area contributed by atoms with Gasteiger partial charge in [0.05, 0.1) is 13.1 Å². The summed E-state index contributed by atoms with van der Waals surface area (Å²) in [6.45, 7) is 4.14. The number of carbonyl (C=O) groups excluding carboxylic acids is 2. The Kier molecular flexibility index (Phi) is 4.85. The smallest absolute Gasteiger partial charge is 0.231 e. The standard InChI is InChI=1S/C18H23N3O3/c1-12-14-4-2-3-5-15(14)24-16(12)10-20-18(23)13-6-8-21(9-7-13)11-17(19)22/h2-5,13H,6-11H2,1H3,(H2,19,22)(H,20,23). The second-order valence-electron chi connectivity index (χ2n) is 6.38. The van der Waals surface area contributed by atoms with Crippen molar-refractivity contribution in [2.24, 2.45) is 11.7 Å². The Labute approximate surface area is 141 Å². The molecule has 0 aliphatic carbocycles. The molecule has 0 radical (unpaired) electrons. The largest absolute Gasteiger partial charge is 0.459 e. The highest BCUT2D eigenvalue weighted by Crippen LogP contribution is 2.25. The van der Waals surface area contributed by atoms with Crippen molar-refractivity contribution in [3.63, 3.8) is 0 Å². The minimum absolute atomic E-state index is 0.0150. The Bertz CT molecular complexity index is 745. The van der Waals surface area contributed by atoms with Crippen molar-refractivity contribution in [2.75, 3.05) is 19.6 Å². The van der Waals surface area contributed by atoms with Crippen LogP contribution in [0.4, 0.5) is 0 Å². The molecule has 1 aromatic heterocycles. The van der Waals surface area contributed by atoms with Gasteiger partial charge in [-0.2, -0.15) is 0 Å². The lowest BCUT2D eigenvalue weighted by Crippen LogP contribution is -2.43. The third kappa shape index (κ3) is 3.59. The fourth-order valence-electron chi connectivity index (χ4n) is 3.28. The van der Waals surface area contributed by atoms with E-state index in [1.807, 2.05) is 36.1 Å². The molecule has 0 bridgehead atoms. The Balaban J connectivity index is 1.54. The van der Waals surface area contributed by atoms with Gasteiger partial charge in [-0.25, -0.2) is 0 Å². The molecule has 2 amide bonds. The van der Waals surface area contributed by atoms with Crippen LogP contribution in [0.3, 0.4) is 0 Å². The van der Waals surface area contributed by atoms with Crippen LogP contribution in [0.2, 0.25) is 0 Å². The van der Waals surface area contributed by atoms with Crippen molar-refractivity contribution in [2.45, 2.75) is 26.3 Å². The molecule has 2 heterocycles. The van der Waals surface area contributed by atoms with E-state index < -0.39 is 0 Å². The highest BCUT2D eigenvalue weighted by Gasteiger charge is 2.25. The number of nitrogens with zero attached hydrogens (tertiary/aromatic N) is 1. The second-order valence-corrected chi connectivity index (χ2v) is 6.38. The summed E-state index contributed by atoms with van der Waals surface area (Å²) < 4.78 is 5.82. The van der Waals surface area contributed by atoms with Gasteiger partial charge >= 0.3 is 0 Å². The predicted molar refractivity (Wildman–Crippen MR) is 91.2 cm³/mol. The van der Waals surface area contributed by atoms with Gasteiger partial charge in [-0.1, -0.05) is 18.2 Å². The van der Waals surface area contributed by atoms with Gasteiger partial charge in [-0.05, 0) is 38.9 Å². The van der Waals surface area contributed by atoms with E-state index in [2.05, 4.69) is 5.32 Å². The van der Waals surface area contributed by atoms with Gasteiger partial charge in [0.1, 0.15) is 11.3 Å². The minimum Gasteiger partial charge on any atom is -0.459 e. The number of likely N-dealkylation sites (tertiary alicyclic amines) is 1. The molecule has 6 nitrogen and oxygen atoms in total. The van der Waals surface area contributed by atoms with Crippen LogP contribution >= 0.6 is 0 Å². The molecule has 3 rings (SSSR count). The van der Waals surface area contributed by atoms with Crippen LogP contribution in [0, 0.1) is 12.8 Å². The van der Waals surface area contributed by atoms with Crippen LogP contribution in [0.25, 0.3) is 11.0 Å². The monoisotopic (exact) mass is 329 g/mol. The van der Waals surface area contributed by atoms with Crippen molar-refractivity contribution < 1.29 is 14.0 Å². The lowest BCUT2D eigenvalue weighted by atomic mass is 9.96. The van der Waals surface area contributed by atoms with Crippen LogP contribution in [-0.2, 0) is 16.1 Å². The zero-order valence-corrected chi connectivity index (χ0v) is 13.9. The van der Waals surface area contributed by atoms with Gasteiger partial charge in [0, 0.05) is 16.9 Å². The van der Waals surface area contributed by atoms with E-state index in [4.69, 9.17) is 10.2 Å². The number of fused-ring (bicyclic) bond motifs is 1. The van der Waals surface area contributed by atoms with Gasteiger partial charge in [0.15, 0.2) is 0 Å². The summed E-state index contributed by atoms with van der Waals surface area (Å²) in [5, 5.41) is 4.07. The summed E-state index contributed by atoms with van der Waals surface area (Å²) in [5.74, 6) is 0.515. The number of furan rings is 1. The van der Waals surface area contributed by atoms with Crippen LogP contribution in [0.1, 0.15) is 24.2 Å². The number of piperidine rings is 1. The molecule has 0 spiro atoms. The van der Waals surface area contributed by atoms with E-state index in [0.29, 0.717) is 6.54 Å². The molecule has 128 valence electrons. The lowest BCUT2D eigenvalue weighted by molar-refractivity contribution is -0.126. The first kappa shape index (κ1) is 16.5. The number of hydrogen-bond acceptors (Lipinski definition) is 4. The second kappa shape index (κ2) is 7.05. The highest BCUT2D eigenvalue weighted by molar-refractivity contribution is 5.82. The van der Waals surface area contributed by atoms with Gasteiger partial charge in [-0.15, -0.1) is 0 Å². The van der Waals surface area contributed by atoms with E-state index in [0.717, 1.165) is 48.2 Å². The number of para-hydroxylation sites is 1.